The Morgan fingerprint density at radius 2 is 1.75 bits per heavy atom. The highest BCUT2D eigenvalue weighted by Crippen LogP contribution is 2.36. The number of alkyl halides is 3. The summed E-state index contributed by atoms with van der Waals surface area (Å²) < 4.78 is 42.7. The van der Waals surface area contributed by atoms with Crippen LogP contribution in [0.5, 0.6) is 5.75 Å². The summed E-state index contributed by atoms with van der Waals surface area (Å²) in [5.41, 5.74) is 1.93. The second kappa shape index (κ2) is 6.87. The van der Waals surface area contributed by atoms with E-state index in [9.17, 15) is 22.8 Å². The van der Waals surface area contributed by atoms with Gasteiger partial charge in [0.1, 0.15) is 11.4 Å². The van der Waals surface area contributed by atoms with Gasteiger partial charge in [0.15, 0.2) is 5.65 Å². The molecule has 0 saturated carbocycles. The molecule has 0 saturated heterocycles. The fourth-order valence-corrected chi connectivity index (χ4v) is 3.58. The minimum absolute atomic E-state index is 0.156. The normalized spacial score (nSPS) is 13.7. The van der Waals surface area contributed by atoms with E-state index in [1.165, 1.54) is 30.1 Å². The third-order valence-electron chi connectivity index (χ3n) is 5.00. The van der Waals surface area contributed by atoms with Gasteiger partial charge in [-0.05, 0) is 36.4 Å². The van der Waals surface area contributed by atoms with Gasteiger partial charge in [-0.15, -0.1) is 13.2 Å². The van der Waals surface area contributed by atoms with E-state index < -0.39 is 18.2 Å². The maximum atomic E-state index is 12.8. The van der Waals surface area contributed by atoms with Gasteiger partial charge >= 0.3 is 6.36 Å². The zero-order valence-corrected chi connectivity index (χ0v) is 16.3. The third kappa shape index (κ3) is 3.06. The van der Waals surface area contributed by atoms with Gasteiger partial charge in [-0.3, -0.25) is 19.5 Å². The Kier molecular flexibility index (Phi) is 4.22. The predicted molar refractivity (Wildman–Crippen MR) is 105 cm³/mol. The second-order valence-corrected chi connectivity index (χ2v) is 6.96. The molecule has 0 N–H and O–H groups in total. The number of benzene rings is 1. The highest BCUT2D eigenvalue weighted by Gasteiger charge is 2.37. The monoisotopic (exact) mass is 439 g/mol. The number of carbonyl (C=O) groups excluding carboxylic acids is 2. The molecule has 11 heteroatoms. The van der Waals surface area contributed by atoms with E-state index in [1.807, 2.05) is 0 Å². The van der Waals surface area contributed by atoms with Crippen LogP contribution < -0.4 is 4.74 Å². The highest BCUT2D eigenvalue weighted by molar-refractivity contribution is 6.27. The lowest BCUT2D eigenvalue weighted by Crippen LogP contribution is -2.24. The first-order valence-electron chi connectivity index (χ1n) is 9.25. The summed E-state index contributed by atoms with van der Waals surface area (Å²) in [6.07, 6.45) is -0.383. The third-order valence-corrected chi connectivity index (χ3v) is 5.00. The highest BCUT2D eigenvalue weighted by atomic mass is 19.4. The van der Waals surface area contributed by atoms with Crippen molar-refractivity contribution in [1.29, 1.82) is 0 Å². The molecular formula is C21H12F3N5O3. The van der Waals surface area contributed by atoms with Crippen molar-refractivity contribution >= 4 is 22.8 Å². The van der Waals surface area contributed by atoms with Crippen LogP contribution in [0.1, 0.15) is 20.7 Å². The van der Waals surface area contributed by atoms with Gasteiger partial charge in [0.05, 0.1) is 22.2 Å². The fraction of sp³-hybridized carbons (Fsp3) is 0.0952. The molecule has 0 unspecified atom stereocenters. The Hall–Kier alpha value is -4.28. The topological polar surface area (TPSA) is 90.2 Å². The molecule has 0 spiro atoms. The van der Waals surface area contributed by atoms with Crippen LogP contribution in [0.3, 0.4) is 0 Å². The van der Waals surface area contributed by atoms with Crippen LogP contribution in [0.4, 0.5) is 13.2 Å². The van der Waals surface area contributed by atoms with E-state index in [2.05, 4.69) is 19.8 Å². The van der Waals surface area contributed by atoms with E-state index in [-0.39, 0.29) is 22.5 Å². The number of nitrogens with zero attached hydrogens (tertiary/aromatic N) is 5. The molecule has 4 aromatic rings. The van der Waals surface area contributed by atoms with Crippen LogP contribution in [0.2, 0.25) is 0 Å². The molecule has 1 aromatic carbocycles. The number of fused-ring (bicyclic) bond motifs is 3. The van der Waals surface area contributed by atoms with Crippen LogP contribution in [0.25, 0.3) is 28.0 Å². The van der Waals surface area contributed by atoms with Crippen molar-refractivity contribution in [2.24, 2.45) is 0 Å². The van der Waals surface area contributed by atoms with E-state index in [0.29, 0.717) is 22.3 Å². The zero-order valence-electron chi connectivity index (χ0n) is 16.3. The molecule has 0 aliphatic carbocycles. The van der Waals surface area contributed by atoms with E-state index in [1.54, 1.807) is 24.5 Å². The van der Waals surface area contributed by atoms with Crippen LogP contribution in [-0.4, -0.2) is 49.9 Å². The second-order valence-electron chi connectivity index (χ2n) is 6.96. The van der Waals surface area contributed by atoms with Gasteiger partial charge in [-0.1, -0.05) is 0 Å². The summed E-state index contributed by atoms with van der Waals surface area (Å²) in [4.78, 5) is 34.7. The first-order valence-corrected chi connectivity index (χ1v) is 9.25. The Bertz CT molecular complexity index is 1380. The lowest BCUT2D eigenvalue weighted by molar-refractivity contribution is -0.274. The summed E-state index contributed by atoms with van der Waals surface area (Å²) in [7, 11) is 1.38. The minimum Gasteiger partial charge on any atom is -0.406 e. The van der Waals surface area contributed by atoms with Crippen LogP contribution in [-0.2, 0) is 0 Å². The first-order chi connectivity index (χ1) is 15.2. The summed E-state index contributed by atoms with van der Waals surface area (Å²) >= 11 is 0. The van der Waals surface area contributed by atoms with Crippen molar-refractivity contribution < 1.29 is 27.5 Å². The number of aromatic nitrogens is 4. The molecule has 32 heavy (non-hydrogen) atoms. The molecule has 0 fully saturated rings. The molecule has 0 radical (unpaired) electrons. The number of hydrogen-bond donors (Lipinski definition) is 0. The quantitative estimate of drug-likeness (QED) is 0.453. The lowest BCUT2D eigenvalue weighted by atomic mass is 10.0. The fourth-order valence-electron chi connectivity index (χ4n) is 3.58. The number of imide groups is 1. The summed E-state index contributed by atoms with van der Waals surface area (Å²) in [6.45, 7) is 0. The van der Waals surface area contributed by atoms with Crippen LogP contribution in [0.15, 0.2) is 55.0 Å². The average molecular weight is 439 g/mol. The van der Waals surface area contributed by atoms with Crippen LogP contribution >= 0.6 is 0 Å². The van der Waals surface area contributed by atoms with Gasteiger partial charge in [-0.25, -0.2) is 9.67 Å². The molecule has 1 aliphatic rings. The Morgan fingerprint density at radius 1 is 1.00 bits per heavy atom. The number of rotatable bonds is 3. The van der Waals surface area contributed by atoms with Gasteiger partial charge in [0.2, 0.25) is 0 Å². The largest absolute Gasteiger partial charge is 0.573 e. The molecular weight excluding hydrogens is 427 g/mol. The molecule has 3 aromatic heterocycles. The van der Waals surface area contributed by atoms with Crippen molar-refractivity contribution in [2.75, 3.05) is 7.05 Å². The van der Waals surface area contributed by atoms with Crippen molar-refractivity contribution in [1.82, 2.24) is 24.6 Å². The van der Waals surface area contributed by atoms with E-state index in [0.717, 1.165) is 17.0 Å². The number of hydrogen-bond acceptors (Lipinski definition) is 6. The SMILES string of the molecule is CN1C(=O)c2cnc3c(c(-c4cccnc4)nn3-c3ccc(OC(F)(F)F)cc3)c2C1=O. The molecule has 8 nitrogen and oxygen atoms in total. The number of pyridine rings is 2. The van der Waals surface area contributed by atoms with Gasteiger partial charge in [0, 0.05) is 31.2 Å². The van der Waals surface area contributed by atoms with E-state index >= 15 is 0 Å². The van der Waals surface area contributed by atoms with Gasteiger partial charge in [0.25, 0.3) is 11.8 Å². The molecule has 160 valence electrons. The number of halogens is 3. The summed E-state index contributed by atoms with van der Waals surface area (Å²) in [6, 6.07) is 8.50. The average Bonchev–Trinajstić information content (AvgIpc) is 3.26. The van der Waals surface area contributed by atoms with Gasteiger partial charge < -0.3 is 4.74 Å². The molecule has 0 bridgehead atoms. The van der Waals surface area contributed by atoms with Crippen molar-refractivity contribution in [2.45, 2.75) is 6.36 Å². The number of ether oxygens (including phenoxy) is 1. The maximum Gasteiger partial charge on any atom is 0.573 e. The summed E-state index contributed by atoms with van der Waals surface area (Å²) in [5, 5.41) is 4.92. The van der Waals surface area contributed by atoms with Crippen molar-refractivity contribution in [3.05, 3.63) is 66.1 Å². The minimum atomic E-state index is -4.81. The van der Waals surface area contributed by atoms with Gasteiger partial charge in [-0.2, -0.15) is 5.10 Å². The maximum absolute atomic E-state index is 12.8. The molecule has 1 aliphatic heterocycles. The Morgan fingerprint density at radius 3 is 2.41 bits per heavy atom. The first kappa shape index (κ1) is 19.7. The Balaban J connectivity index is 1.74. The molecule has 5 rings (SSSR count). The molecule has 0 atom stereocenters. The van der Waals surface area contributed by atoms with Crippen LogP contribution in [0, 0.1) is 0 Å². The van der Waals surface area contributed by atoms with Crippen molar-refractivity contribution in [3.8, 4) is 22.7 Å². The molecule has 2 amide bonds. The molecule has 4 heterocycles. The standard InChI is InChI=1S/C21H12F3N5O3/c1-28-19(30)14-10-26-18-16(15(14)20(28)31)17(11-3-2-8-25-9-11)27-29(18)12-4-6-13(7-5-12)32-21(22,23)24/h2-10H,1H3. The number of carbonyl (C=O) groups is 2. The smallest absolute Gasteiger partial charge is 0.406 e. The summed E-state index contributed by atoms with van der Waals surface area (Å²) in [5.74, 6) is -1.35. The van der Waals surface area contributed by atoms with Crippen molar-refractivity contribution in [3.63, 3.8) is 0 Å². The Labute approximate surface area is 177 Å². The lowest BCUT2D eigenvalue weighted by Gasteiger charge is -2.09. The zero-order chi connectivity index (χ0) is 22.6. The number of amides is 2. The predicted octanol–water partition coefficient (Wildman–Crippen LogP) is 3.61. The van der Waals surface area contributed by atoms with E-state index in [4.69, 9.17) is 0 Å².